The second-order valence-electron chi connectivity index (χ2n) is 9.37. The number of morpholine rings is 1. The Balaban J connectivity index is 1.24. The first-order valence-electron chi connectivity index (χ1n) is 11.2. The zero-order valence-electron chi connectivity index (χ0n) is 18.6. The van der Waals surface area contributed by atoms with Gasteiger partial charge in [0, 0.05) is 37.7 Å². The number of ether oxygens (including phenoxy) is 2. The van der Waals surface area contributed by atoms with Crippen LogP contribution in [0.25, 0.3) is 0 Å². The van der Waals surface area contributed by atoms with Crippen molar-refractivity contribution in [1.29, 1.82) is 0 Å². The van der Waals surface area contributed by atoms with E-state index in [-0.39, 0.29) is 47.7 Å². The zero-order valence-corrected chi connectivity index (χ0v) is 18.6. The van der Waals surface area contributed by atoms with Gasteiger partial charge in [-0.15, -0.1) is 0 Å². The van der Waals surface area contributed by atoms with Crippen molar-refractivity contribution < 1.29 is 23.9 Å². The first-order chi connectivity index (χ1) is 14.8. The van der Waals surface area contributed by atoms with Gasteiger partial charge < -0.3 is 19.3 Å². The molecule has 0 aromatic heterocycles. The summed E-state index contributed by atoms with van der Waals surface area (Å²) in [6, 6.07) is 6.83. The number of hydrogen-bond acceptors (Lipinski definition) is 5. The molecule has 31 heavy (non-hydrogen) atoms. The third-order valence-electron chi connectivity index (χ3n) is 6.95. The molecule has 3 aliphatic rings. The number of benzene rings is 1. The van der Waals surface area contributed by atoms with Gasteiger partial charge in [-0.2, -0.15) is 0 Å². The molecule has 1 unspecified atom stereocenters. The lowest BCUT2D eigenvalue weighted by Gasteiger charge is -2.37. The molecule has 2 heterocycles. The number of nitrogens with zero attached hydrogens (tertiary/aromatic N) is 2. The smallest absolute Gasteiger partial charge is 0.260 e. The van der Waals surface area contributed by atoms with E-state index in [9.17, 15) is 14.4 Å². The third-order valence-corrected chi connectivity index (χ3v) is 6.95. The Morgan fingerprint density at radius 3 is 2.23 bits per heavy atom. The summed E-state index contributed by atoms with van der Waals surface area (Å²) in [6.45, 7) is 8.22. The summed E-state index contributed by atoms with van der Waals surface area (Å²) in [7, 11) is 0. The fourth-order valence-corrected chi connectivity index (χ4v) is 5.05. The Labute approximate surface area is 183 Å². The van der Waals surface area contributed by atoms with Gasteiger partial charge in [-0.25, -0.2) is 0 Å². The number of Topliss-reactive ketones (excluding diaryl/α,β-unsaturated/α-hetero) is 1. The first-order valence-corrected chi connectivity index (χ1v) is 11.2. The summed E-state index contributed by atoms with van der Waals surface area (Å²) in [5.41, 5.74) is 0.691. The second kappa shape index (κ2) is 8.61. The number of piperidine rings is 1. The molecule has 2 amide bonds. The van der Waals surface area contributed by atoms with Gasteiger partial charge >= 0.3 is 0 Å². The standard InChI is InChI=1S/C24H32N2O5/c1-16-13-26(14-17(2)31-16)23(29)21-12-24(21)8-10-25(11-9-24)22(28)15-30-20-6-4-19(5-7-20)18(3)27/h4-7,16-17,21H,8-15H2,1-3H3/t16-,17+,21?. The minimum Gasteiger partial charge on any atom is -0.484 e. The summed E-state index contributed by atoms with van der Waals surface area (Å²) in [4.78, 5) is 40.7. The molecule has 1 aromatic carbocycles. The number of carbonyl (C=O) groups is 3. The number of likely N-dealkylation sites (tertiary alicyclic amines) is 1. The van der Waals surface area contributed by atoms with Crippen molar-refractivity contribution in [3.8, 4) is 5.75 Å². The minimum absolute atomic E-state index is 0.000576. The van der Waals surface area contributed by atoms with Crippen LogP contribution >= 0.6 is 0 Å². The van der Waals surface area contributed by atoms with Gasteiger partial charge in [0.2, 0.25) is 5.91 Å². The molecule has 0 N–H and O–H groups in total. The highest BCUT2D eigenvalue weighted by molar-refractivity contribution is 5.94. The van der Waals surface area contributed by atoms with Crippen LogP contribution in [0.15, 0.2) is 24.3 Å². The SMILES string of the molecule is CC(=O)c1ccc(OCC(=O)N2CCC3(CC2)CC3C(=O)N2C[C@@H](C)O[C@@H](C)C2)cc1. The summed E-state index contributed by atoms with van der Waals surface area (Å²) in [6.07, 6.45) is 2.85. The molecule has 7 nitrogen and oxygen atoms in total. The average Bonchev–Trinajstić information content (AvgIpc) is 3.44. The molecule has 2 aliphatic heterocycles. The molecular weight excluding hydrogens is 396 g/mol. The summed E-state index contributed by atoms with van der Waals surface area (Å²) in [5.74, 6) is 0.898. The van der Waals surface area contributed by atoms with Crippen LogP contribution in [-0.2, 0) is 14.3 Å². The van der Waals surface area contributed by atoms with Crippen LogP contribution in [0.5, 0.6) is 5.75 Å². The monoisotopic (exact) mass is 428 g/mol. The lowest BCUT2D eigenvalue weighted by atomic mass is 9.90. The van der Waals surface area contributed by atoms with Gasteiger partial charge in [0.05, 0.1) is 12.2 Å². The van der Waals surface area contributed by atoms with Crippen molar-refractivity contribution in [2.45, 2.75) is 52.2 Å². The number of hydrogen-bond donors (Lipinski definition) is 0. The minimum atomic E-state index is -0.0372. The number of amides is 2. The van der Waals surface area contributed by atoms with Crippen LogP contribution in [0.1, 0.15) is 50.4 Å². The highest BCUT2D eigenvalue weighted by Crippen LogP contribution is 2.60. The highest BCUT2D eigenvalue weighted by Gasteiger charge is 2.59. The van der Waals surface area contributed by atoms with Crippen molar-refractivity contribution in [2.24, 2.45) is 11.3 Å². The van der Waals surface area contributed by atoms with E-state index in [1.807, 2.05) is 23.6 Å². The van der Waals surface area contributed by atoms with Crippen LogP contribution in [-0.4, -0.2) is 72.4 Å². The van der Waals surface area contributed by atoms with Gasteiger partial charge in [0.15, 0.2) is 12.4 Å². The highest BCUT2D eigenvalue weighted by atomic mass is 16.5. The van der Waals surface area contributed by atoms with Crippen molar-refractivity contribution in [1.82, 2.24) is 9.80 Å². The number of carbonyl (C=O) groups excluding carboxylic acids is 3. The number of ketones is 1. The number of rotatable bonds is 5. The van der Waals surface area contributed by atoms with E-state index >= 15 is 0 Å². The fraction of sp³-hybridized carbons (Fsp3) is 0.625. The molecule has 3 atom stereocenters. The molecule has 2 saturated heterocycles. The van der Waals surface area contributed by atoms with Gasteiger partial charge in [-0.3, -0.25) is 14.4 Å². The maximum atomic E-state index is 13.0. The molecule has 1 aromatic rings. The van der Waals surface area contributed by atoms with Gasteiger partial charge in [-0.05, 0) is 69.7 Å². The van der Waals surface area contributed by atoms with E-state index < -0.39 is 0 Å². The van der Waals surface area contributed by atoms with Crippen molar-refractivity contribution in [2.75, 3.05) is 32.8 Å². The Morgan fingerprint density at radius 1 is 1.03 bits per heavy atom. The lowest BCUT2D eigenvalue weighted by molar-refractivity contribution is -0.145. The van der Waals surface area contributed by atoms with E-state index in [0.29, 0.717) is 37.5 Å². The Kier molecular flexibility index (Phi) is 6.06. The van der Waals surface area contributed by atoms with Crippen molar-refractivity contribution in [3.05, 3.63) is 29.8 Å². The van der Waals surface area contributed by atoms with Crippen molar-refractivity contribution >= 4 is 17.6 Å². The molecule has 1 spiro atoms. The zero-order chi connectivity index (χ0) is 22.2. The topological polar surface area (TPSA) is 76.2 Å². The predicted molar refractivity (Wildman–Crippen MR) is 115 cm³/mol. The predicted octanol–water partition coefficient (Wildman–Crippen LogP) is 2.53. The van der Waals surface area contributed by atoms with Crippen LogP contribution in [0.2, 0.25) is 0 Å². The first kappa shape index (κ1) is 21.8. The Morgan fingerprint density at radius 2 is 1.65 bits per heavy atom. The Hall–Kier alpha value is -2.41. The average molecular weight is 429 g/mol. The summed E-state index contributed by atoms with van der Waals surface area (Å²) in [5, 5.41) is 0. The largest absolute Gasteiger partial charge is 0.484 e. The van der Waals surface area contributed by atoms with E-state index in [0.717, 1.165) is 19.3 Å². The molecule has 1 saturated carbocycles. The quantitative estimate of drug-likeness (QED) is 0.674. The molecule has 3 fully saturated rings. The van der Waals surface area contributed by atoms with E-state index in [1.165, 1.54) is 6.92 Å². The van der Waals surface area contributed by atoms with E-state index in [1.54, 1.807) is 24.3 Å². The molecular formula is C24H32N2O5. The van der Waals surface area contributed by atoms with Crippen molar-refractivity contribution in [3.63, 3.8) is 0 Å². The van der Waals surface area contributed by atoms with Crippen LogP contribution in [0.4, 0.5) is 0 Å². The molecule has 0 bridgehead atoms. The van der Waals surface area contributed by atoms with Crippen LogP contribution in [0, 0.1) is 11.3 Å². The fourth-order valence-electron chi connectivity index (χ4n) is 5.05. The Bertz CT molecular complexity index is 834. The second-order valence-corrected chi connectivity index (χ2v) is 9.37. The maximum absolute atomic E-state index is 13.0. The lowest BCUT2D eigenvalue weighted by Crippen LogP contribution is -2.49. The molecule has 7 heteroatoms. The molecule has 168 valence electrons. The van der Waals surface area contributed by atoms with Crippen LogP contribution in [0.3, 0.4) is 0 Å². The van der Waals surface area contributed by atoms with Gasteiger partial charge in [0.25, 0.3) is 5.91 Å². The van der Waals surface area contributed by atoms with Gasteiger partial charge in [0.1, 0.15) is 5.75 Å². The van der Waals surface area contributed by atoms with Gasteiger partial charge in [-0.1, -0.05) is 0 Å². The maximum Gasteiger partial charge on any atom is 0.260 e. The summed E-state index contributed by atoms with van der Waals surface area (Å²) < 4.78 is 11.4. The third kappa shape index (κ3) is 4.76. The molecule has 0 radical (unpaired) electrons. The molecule has 1 aliphatic carbocycles. The van der Waals surface area contributed by atoms with E-state index in [4.69, 9.17) is 9.47 Å². The normalized spacial score (nSPS) is 27.1. The van der Waals surface area contributed by atoms with Crippen LogP contribution < -0.4 is 4.74 Å². The summed E-state index contributed by atoms with van der Waals surface area (Å²) >= 11 is 0. The molecule has 4 rings (SSSR count). The van der Waals surface area contributed by atoms with E-state index in [2.05, 4.69) is 0 Å².